The number of aromatic hydroxyl groups is 2. The molecule has 0 aliphatic heterocycles. The fourth-order valence-electron chi connectivity index (χ4n) is 2.79. The fourth-order valence-corrected chi connectivity index (χ4v) is 2.79. The second-order valence-corrected chi connectivity index (χ2v) is 4.97. The molecule has 0 saturated carbocycles. The molecule has 0 radical (unpaired) electrons. The number of phenols is 2. The van der Waals surface area contributed by atoms with Crippen LogP contribution in [-0.2, 0) is 19.3 Å². The van der Waals surface area contributed by atoms with Crippen molar-refractivity contribution in [3.8, 4) is 22.6 Å². The van der Waals surface area contributed by atoms with Gasteiger partial charge in [-0.3, -0.25) is 0 Å². The van der Waals surface area contributed by atoms with Crippen molar-refractivity contribution in [2.24, 2.45) is 0 Å². The van der Waals surface area contributed by atoms with Gasteiger partial charge in [-0.1, -0.05) is 45.0 Å². The number of benzene rings is 2. The second-order valence-electron chi connectivity index (χ2n) is 4.97. The third kappa shape index (κ3) is 2.38. The summed E-state index contributed by atoms with van der Waals surface area (Å²) in [4.78, 5) is 0. The number of rotatable bonds is 4. The summed E-state index contributed by atoms with van der Waals surface area (Å²) in [7, 11) is 0. The zero-order chi connectivity index (χ0) is 14.7. The molecule has 0 aliphatic carbocycles. The van der Waals surface area contributed by atoms with Crippen LogP contribution in [0.2, 0.25) is 0 Å². The SMILES string of the molecule is CCc1ccc(O)c(-c2cccc(CC)c2CC)c1O. The fraction of sp³-hybridized carbons (Fsp3) is 0.333. The van der Waals surface area contributed by atoms with E-state index in [-0.39, 0.29) is 11.5 Å². The Hall–Kier alpha value is -1.96. The van der Waals surface area contributed by atoms with Gasteiger partial charge in [-0.05, 0) is 47.6 Å². The molecule has 0 bridgehead atoms. The first-order valence-electron chi connectivity index (χ1n) is 7.28. The molecular weight excluding hydrogens is 248 g/mol. The van der Waals surface area contributed by atoms with Crippen molar-refractivity contribution in [2.45, 2.75) is 40.0 Å². The minimum absolute atomic E-state index is 0.141. The normalized spacial score (nSPS) is 10.8. The maximum absolute atomic E-state index is 10.4. The van der Waals surface area contributed by atoms with Crippen molar-refractivity contribution in [2.75, 3.05) is 0 Å². The third-order valence-corrected chi connectivity index (χ3v) is 3.90. The van der Waals surface area contributed by atoms with Crippen LogP contribution in [-0.4, -0.2) is 10.2 Å². The van der Waals surface area contributed by atoms with E-state index in [1.807, 2.05) is 19.1 Å². The molecule has 0 atom stereocenters. The van der Waals surface area contributed by atoms with E-state index in [1.54, 1.807) is 12.1 Å². The molecule has 0 heterocycles. The molecule has 0 unspecified atom stereocenters. The molecule has 0 fully saturated rings. The van der Waals surface area contributed by atoms with Gasteiger partial charge < -0.3 is 10.2 Å². The van der Waals surface area contributed by atoms with E-state index in [0.717, 1.165) is 30.4 Å². The Kier molecular flexibility index (Phi) is 4.33. The van der Waals surface area contributed by atoms with Crippen molar-refractivity contribution in [1.82, 2.24) is 0 Å². The summed E-state index contributed by atoms with van der Waals surface area (Å²) in [5.74, 6) is 0.345. The van der Waals surface area contributed by atoms with Gasteiger partial charge in [-0.25, -0.2) is 0 Å². The lowest BCUT2D eigenvalue weighted by Crippen LogP contribution is -1.96. The number of phenolic OH excluding ortho intramolecular Hbond substituents is 2. The topological polar surface area (TPSA) is 40.5 Å². The Morgan fingerprint density at radius 1 is 0.800 bits per heavy atom. The van der Waals surface area contributed by atoms with E-state index in [0.29, 0.717) is 5.56 Å². The van der Waals surface area contributed by atoms with E-state index in [1.165, 1.54) is 11.1 Å². The summed E-state index contributed by atoms with van der Waals surface area (Å²) in [5.41, 5.74) is 4.84. The molecule has 20 heavy (non-hydrogen) atoms. The van der Waals surface area contributed by atoms with Crippen molar-refractivity contribution in [3.63, 3.8) is 0 Å². The van der Waals surface area contributed by atoms with E-state index < -0.39 is 0 Å². The van der Waals surface area contributed by atoms with Crippen LogP contribution in [0.25, 0.3) is 11.1 Å². The maximum Gasteiger partial charge on any atom is 0.130 e. The lowest BCUT2D eigenvalue weighted by molar-refractivity contribution is 0.450. The zero-order valence-electron chi connectivity index (χ0n) is 12.4. The van der Waals surface area contributed by atoms with Gasteiger partial charge in [0.05, 0.1) is 5.56 Å². The van der Waals surface area contributed by atoms with Crippen LogP contribution < -0.4 is 0 Å². The number of hydrogen-bond acceptors (Lipinski definition) is 2. The van der Waals surface area contributed by atoms with Gasteiger partial charge in [0.2, 0.25) is 0 Å². The predicted molar refractivity (Wildman–Crippen MR) is 83.3 cm³/mol. The maximum atomic E-state index is 10.4. The van der Waals surface area contributed by atoms with Crippen LogP contribution in [0, 0.1) is 0 Å². The Morgan fingerprint density at radius 2 is 1.50 bits per heavy atom. The Balaban J connectivity index is 2.74. The molecule has 2 heteroatoms. The molecule has 0 aromatic heterocycles. The van der Waals surface area contributed by atoms with Crippen molar-refractivity contribution >= 4 is 0 Å². The van der Waals surface area contributed by atoms with Gasteiger partial charge in [0.25, 0.3) is 0 Å². The molecule has 0 saturated heterocycles. The molecule has 0 amide bonds. The van der Waals surface area contributed by atoms with Crippen molar-refractivity contribution in [1.29, 1.82) is 0 Å². The lowest BCUT2D eigenvalue weighted by atomic mass is 9.90. The molecule has 2 aromatic carbocycles. The summed E-state index contributed by atoms with van der Waals surface area (Å²) in [6.45, 7) is 6.23. The minimum atomic E-state index is 0.141. The van der Waals surface area contributed by atoms with Gasteiger partial charge in [0.1, 0.15) is 11.5 Å². The molecule has 2 nitrogen and oxygen atoms in total. The molecule has 0 aliphatic rings. The summed E-state index contributed by atoms with van der Waals surface area (Å²) in [5, 5.41) is 20.6. The van der Waals surface area contributed by atoms with Gasteiger partial charge in [-0.2, -0.15) is 0 Å². The van der Waals surface area contributed by atoms with Crippen LogP contribution >= 0.6 is 0 Å². The highest BCUT2D eigenvalue weighted by atomic mass is 16.3. The largest absolute Gasteiger partial charge is 0.507 e. The first kappa shape index (κ1) is 14.4. The summed E-state index contributed by atoms with van der Waals surface area (Å²) < 4.78 is 0. The van der Waals surface area contributed by atoms with E-state index in [2.05, 4.69) is 19.9 Å². The van der Waals surface area contributed by atoms with E-state index in [9.17, 15) is 10.2 Å². The van der Waals surface area contributed by atoms with Crippen LogP contribution in [0.3, 0.4) is 0 Å². The van der Waals surface area contributed by atoms with Gasteiger partial charge in [0.15, 0.2) is 0 Å². The monoisotopic (exact) mass is 270 g/mol. The average Bonchev–Trinajstić information content (AvgIpc) is 2.47. The summed E-state index contributed by atoms with van der Waals surface area (Å²) in [6, 6.07) is 9.53. The van der Waals surface area contributed by atoms with Gasteiger partial charge in [-0.15, -0.1) is 0 Å². The minimum Gasteiger partial charge on any atom is -0.507 e. The lowest BCUT2D eigenvalue weighted by Gasteiger charge is -2.16. The molecule has 0 spiro atoms. The second kappa shape index (κ2) is 6.00. The highest BCUT2D eigenvalue weighted by Gasteiger charge is 2.17. The third-order valence-electron chi connectivity index (χ3n) is 3.90. The summed E-state index contributed by atoms with van der Waals surface area (Å²) >= 11 is 0. The van der Waals surface area contributed by atoms with E-state index >= 15 is 0 Å². The quantitative estimate of drug-likeness (QED) is 0.861. The molecule has 106 valence electrons. The van der Waals surface area contributed by atoms with Crippen LogP contribution in [0.1, 0.15) is 37.5 Å². The van der Waals surface area contributed by atoms with Crippen LogP contribution in [0.5, 0.6) is 11.5 Å². The smallest absolute Gasteiger partial charge is 0.130 e. The highest BCUT2D eigenvalue weighted by Crippen LogP contribution is 2.42. The first-order valence-corrected chi connectivity index (χ1v) is 7.28. The first-order chi connectivity index (χ1) is 9.63. The molecule has 2 aromatic rings. The van der Waals surface area contributed by atoms with Crippen molar-refractivity contribution in [3.05, 3.63) is 47.0 Å². The number of aryl methyl sites for hydroxylation is 2. The van der Waals surface area contributed by atoms with Crippen LogP contribution in [0.15, 0.2) is 30.3 Å². The predicted octanol–water partition coefficient (Wildman–Crippen LogP) is 4.45. The van der Waals surface area contributed by atoms with Gasteiger partial charge in [0, 0.05) is 0 Å². The summed E-state index contributed by atoms with van der Waals surface area (Å²) in [6.07, 6.45) is 2.58. The molecule has 2 N–H and O–H groups in total. The zero-order valence-corrected chi connectivity index (χ0v) is 12.4. The Bertz CT molecular complexity index is 615. The standard InChI is InChI=1S/C18H22O2/c1-4-12-8-7-9-15(14(12)6-3)17-16(19)11-10-13(5-2)18(17)20/h7-11,19-20H,4-6H2,1-3H3. The van der Waals surface area contributed by atoms with Crippen LogP contribution in [0.4, 0.5) is 0 Å². The molecular formula is C18H22O2. The Morgan fingerprint density at radius 3 is 2.10 bits per heavy atom. The molecule has 2 rings (SSSR count). The highest BCUT2D eigenvalue weighted by molar-refractivity contribution is 5.80. The average molecular weight is 270 g/mol. The van der Waals surface area contributed by atoms with Crippen molar-refractivity contribution < 1.29 is 10.2 Å². The van der Waals surface area contributed by atoms with Gasteiger partial charge >= 0.3 is 0 Å². The number of hydrogen-bond donors (Lipinski definition) is 2. The Labute approximate surface area is 120 Å². The van der Waals surface area contributed by atoms with E-state index in [4.69, 9.17) is 0 Å².